The van der Waals surface area contributed by atoms with Crippen LogP contribution >= 0.6 is 0 Å². The Labute approximate surface area is 107 Å². The largest absolute Gasteiger partial charge is 0.378 e. The van der Waals surface area contributed by atoms with Gasteiger partial charge in [0.05, 0.1) is 6.04 Å². The van der Waals surface area contributed by atoms with E-state index in [1.54, 1.807) is 0 Å². The lowest BCUT2D eigenvalue weighted by Crippen LogP contribution is -2.12. The highest BCUT2D eigenvalue weighted by Crippen LogP contribution is 2.29. The van der Waals surface area contributed by atoms with Crippen molar-refractivity contribution in [1.29, 1.82) is 0 Å². The van der Waals surface area contributed by atoms with E-state index < -0.39 is 0 Å². The van der Waals surface area contributed by atoms with Crippen LogP contribution in [0.25, 0.3) is 0 Å². The molecule has 1 unspecified atom stereocenters. The molecule has 0 amide bonds. The predicted molar refractivity (Wildman–Crippen MR) is 72.6 cm³/mol. The molecule has 2 aromatic carbocycles. The Morgan fingerprint density at radius 3 is 2.50 bits per heavy atom. The van der Waals surface area contributed by atoms with Gasteiger partial charge in [-0.05, 0) is 17.2 Å². The number of benzene rings is 2. The second kappa shape index (κ2) is 4.65. The first-order chi connectivity index (χ1) is 8.83. The number of carbonyl (C=O) groups excluding carboxylic acids is 1. The molecule has 1 N–H and O–H groups in total. The number of nitrogens with one attached hydrogen (secondary N) is 1. The van der Waals surface area contributed by atoms with E-state index in [0.717, 1.165) is 11.3 Å². The number of ketones is 1. The van der Waals surface area contributed by atoms with Gasteiger partial charge in [-0.25, -0.2) is 0 Å². The minimum absolute atomic E-state index is 0.0855. The van der Waals surface area contributed by atoms with E-state index in [-0.39, 0.29) is 6.04 Å². The zero-order chi connectivity index (χ0) is 12.4. The third-order valence-electron chi connectivity index (χ3n) is 3.37. The number of carbonyl (C=O) groups is 1. The fourth-order valence-electron chi connectivity index (χ4n) is 2.45. The van der Waals surface area contributed by atoms with E-state index >= 15 is 0 Å². The number of hydrogen-bond donors (Lipinski definition) is 1. The predicted octanol–water partition coefficient (Wildman–Crippen LogP) is 3.36. The van der Waals surface area contributed by atoms with Crippen molar-refractivity contribution in [1.82, 2.24) is 0 Å². The van der Waals surface area contributed by atoms with Crippen molar-refractivity contribution >= 4 is 11.5 Å². The van der Waals surface area contributed by atoms with Gasteiger partial charge in [0.15, 0.2) is 0 Å². The van der Waals surface area contributed by atoms with Gasteiger partial charge >= 0.3 is 0 Å². The van der Waals surface area contributed by atoms with Gasteiger partial charge in [0.2, 0.25) is 0 Å². The molecule has 0 spiro atoms. The molecular weight excluding hydrogens is 222 g/mol. The fourth-order valence-corrected chi connectivity index (χ4v) is 2.45. The lowest BCUT2D eigenvalue weighted by Gasteiger charge is -2.17. The summed E-state index contributed by atoms with van der Waals surface area (Å²) < 4.78 is 0. The third-order valence-corrected chi connectivity index (χ3v) is 3.37. The minimum atomic E-state index is 0.0855. The van der Waals surface area contributed by atoms with Crippen LogP contribution in [0, 0.1) is 0 Å². The molecule has 0 saturated carbocycles. The molecule has 1 aliphatic heterocycles. The van der Waals surface area contributed by atoms with Crippen LogP contribution in [0.4, 0.5) is 5.69 Å². The van der Waals surface area contributed by atoms with Crippen molar-refractivity contribution in [3.8, 4) is 0 Å². The van der Waals surface area contributed by atoms with Gasteiger partial charge < -0.3 is 5.32 Å². The molecule has 0 bridgehead atoms. The van der Waals surface area contributed by atoms with E-state index in [4.69, 9.17) is 0 Å². The van der Waals surface area contributed by atoms with Crippen molar-refractivity contribution in [2.45, 2.75) is 18.9 Å². The van der Waals surface area contributed by atoms with E-state index in [0.29, 0.717) is 18.6 Å². The number of anilines is 1. The number of para-hydroxylation sites is 1. The number of fused-ring (bicyclic) bond motifs is 1. The summed E-state index contributed by atoms with van der Waals surface area (Å²) in [5.74, 6) is 0.293. The van der Waals surface area contributed by atoms with Gasteiger partial charge in [-0.1, -0.05) is 48.5 Å². The quantitative estimate of drug-likeness (QED) is 0.824. The molecule has 0 fully saturated rings. The molecule has 2 heteroatoms. The minimum Gasteiger partial charge on any atom is -0.378 e. The molecule has 90 valence electrons. The van der Waals surface area contributed by atoms with Crippen molar-refractivity contribution < 1.29 is 4.79 Å². The van der Waals surface area contributed by atoms with Crippen LogP contribution in [0.5, 0.6) is 0 Å². The average molecular weight is 237 g/mol. The molecule has 0 radical (unpaired) electrons. The molecule has 3 rings (SSSR count). The number of Topliss-reactive ketones (excluding diaryl/α,β-unsaturated/α-hetero) is 1. The van der Waals surface area contributed by atoms with E-state index in [2.05, 4.69) is 17.4 Å². The van der Waals surface area contributed by atoms with Crippen LogP contribution in [0.2, 0.25) is 0 Å². The normalized spacial score (nSPS) is 18.7. The Hall–Kier alpha value is -2.09. The topological polar surface area (TPSA) is 29.1 Å². The van der Waals surface area contributed by atoms with E-state index in [1.807, 2.05) is 42.5 Å². The van der Waals surface area contributed by atoms with Crippen LogP contribution in [0.3, 0.4) is 0 Å². The Bertz CT molecular complexity index is 562. The molecule has 2 aromatic rings. The summed E-state index contributed by atoms with van der Waals surface area (Å²) in [4.78, 5) is 12.0. The number of rotatable bonds is 1. The highest BCUT2D eigenvalue weighted by molar-refractivity contribution is 5.85. The van der Waals surface area contributed by atoms with E-state index in [9.17, 15) is 4.79 Å². The van der Waals surface area contributed by atoms with Gasteiger partial charge in [0.25, 0.3) is 0 Å². The van der Waals surface area contributed by atoms with Gasteiger partial charge in [-0.3, -0.25) is 4.79 Å². The van der Waals surface area contributed by atoms with Crippen LogP contribution in [0.15, 0.2) is 54.6 Å². The lowest BCUT2D eigenvalue weighted by molar-refractivity contribution is -0.118. The second-order valence-electron chi connectivity index (χ2n) is 4.68. The summed E-state index contributed by atoms with van der Waals surface area (Å²) in [5, 5.41) is 3.49. The molecule has 0 saturated heterocycles. The molecule has 2 nitrogen and oxygen atoms in total. The molecule has 1 atom stereocenters. The average Bonchev–Trinajstić information content (AvgIpc) is 2.57. The molecular formula is C16H15NO. The van der Waals surface area contributed by atoms with Crippen molar-refractivity contribution in [2.75, 3.05) is 5.32 Å². The van der Waals surface area contributed by atoms with Crippen LogP contribution in [0.1, 0.15) is 23.6 Å². The molecule has 1 heterocycles. The lowest BCUT2D eigenvalue weighted by atomic mass is 10.0. The first kappa shape index (κ1) is 11.0. The Morgan fingerprint density at radius 1 is 0.944 bits per heavy atom. The Balaban J connectivity index is 1.97. The second-order valence-corrected chi connectivity index (χ2v) is 4.68. The zero-order valence-electron chi connectivity index (χ0n) is 10.1. The smallest absolute Gasteiger partial charge is 0.139 e. The van der Waals surface area contributed by atoms with Crippen molar-refractivity contribution in [3.63, 3.8) is 0 Å². The first-order valence-corrected chi connectivity index (χ1v) is 6.24. The third kappa shape index (κ3) is 2.14. The standard InChI is InChI=1S/C16H15NO/c18-14-10-13-8-4-5-9-15(13)17-16(11-14)12-6-2-1-3-7-12/h1-9,16-17H,10-11H2. The van der Waals surface area contributed by atoms with Crippen LogP contribution in [-0.4, -0.2) is 5.78 Å². The molecule has 0 aliphatic carbocycles. The first-order valence-electron chi connectivity index (χ1n) is 6.24. The fraction of sp³-hybridized carbons (Fsp3) is 0.188. The van der Waals surface area contributed by atoms with Gasteiger partial charge in [-0.15, -0.1) is 0 Å². The molecule has 1 aliphatic rings. The summed E-state index contributed by atoms with van der Waals surface area (Å²) >= 11 is 0. The van der Waals surface area contributed by atoms with Crippen LogP contribution in [-0.2, 0) is 11.2 Å². The summed E-state index contributed by atoms with van der Waals surface area (Å²) in [6, 6.07) is 18.3. The van der Waals surface area contributed by atoms with Gasteiger partial charge in [-0.2, -0.15) is 0 Å². The van der Waals surface area contributed by atoms with E-state index in [1.165, 1.54) is 5.56 Å². The van der Waals surface area contributed by atoms with Crippen LogP contribution < -0.4 is 5.32 Å². The SMILES string of the molecule is O=C1Cc2ccccc2NC(c2ccccc2)C1. The maximum atomic E-state index is 12.0. The maximum Gasteiger partial charge on any atom is 0.139 e. The summed E-state index contributed by atoms with van der Waals surface area (Å²) in [5.41, 5.74) is 3.35. The summed E-state index contributed by atoms with van der Waals surface area (Å²) in [7, 11) is 0. The van der Waals surface area contributed by atoms with Crippen molar-refractivity contribution in [2.24, 2.45) is 0 Å². The zero-order valence-corrected chi connectivity index (χ0v) is 10.1. The number of hydrogen-bond acceptors (Lipinski definition) is 2. The van der Waals surface area contributed by atoms with Gasteiger partial charge in [0, 0.05) is 18.5 Å². The molecule has 18 heavy (non-hydrogen) atoms. The Kier molecular flexibility index (Phi) is 2.85. The maximum absolute atomic E-state index is 12.0. The van der Waals surface area contributed by atoms with Gasteiger partial charge in [0.1, 0.15) is 5.78 Å². The molecule has 0 aromatic heterocycles. The summed E-state index contributed by atoms with van der Waals surface area (Å²) in [6.45, 7) is 0. The summed E-state index contributed by atoms with van der Waals surface area (Å²) in [6.07, 6.45) is 1.09. The van der Waals surface area contributed by atoms with Crippen molar-refractivity contribution in [3.05, 3.63) is 65.7 Å². The highest BCUT2D eigenvalue weighted by atomic mass is 16.1. The highest BCUT2D eigenvalue weighted by Gasteiger charge is 2.21. The Morgan fingerprint density at radius 2 is 1.67 bits per heavy atom. The monoisotopic (exact) mass is 237 g/mol.